The van der Waals surface area contributed by atoms with Crippen molar-refractivity contribution in [2.24, 2.45) is 0 Å². The number of rotatable bonds is 3. The number of pyridine rings is 1. The minimum absolute atomic E-state index is 0.0439. The molecule has 0 aliphatic carbocycles. The lowest BCUT2D eigenvalue weighted by Gasteiger charge is -2.56. The molecular formula is C24H28FN3O2. The fourth-order valence-electron chi connectivity index (χ4n) is 5.10. The molecule has 5 nitrogen and oxygen atoms in total. The minimum Gasteiger partial charge on any atom is -0.338 e. The molecule has 6 heteroatoms. The van der Waals surface area contributed by atoms with Crippen molar-refractivity contribution in [2.75, 3.05) is 13.1 Å². The van der Waals surface area contributed by atoms with E-state index in [0.717, 1.165) is 37.9 Å². The van der Waals surface area contributed by atoms with E-state index in [-0.39, 0.29) is 29.2 Å². The standard InChI is InChI=1S/C24H28FN3O2/c1-17(29)27-13-6-12-24(2)22(27)9-5-14-28(24)23(30)19-10-11-20(26-16-19)15-18-7-3-4-8-21(18)25/h3-4,7-8,10-11,16,22H,5-6,9,12-15H2,1-2H3/t22-,24+/m1/s1. The molecule has 2 atom stereocenters. The predicted octanol–water partition coefficient (Wildman–Crippen LogP) is 3.82. The SMILES string of the molecule is CC(=O)N1CCC[C@@]2(C)[C@H]1CCCN2C(=O)c1ccc(Cc2ccccc2F)nc1. The molecule has 2 fully saturated rings. The van der Waals surface area contributed by atoms with Gasteiger partial charge in [-0.15, -0.1) is 0 Å². The summed E-state index contributed by atoms with van der Waals surface area (Å²) in [6.07, 6.45) is 5.59. The van der Waals surface area contributed by atoms with E-state index in [1.807, 2.05) is 9.80 Å². The lowest BCUT2D eigenvalue weighted by Crippen LogP contribution is -2.68. The number of fused-ring (bicyclic) bond motifs is 1. The van der Waals surface area contributed by atoms with Crippen LogP contribution in [0.4, 0.5) is 4.39 Å². The van der Waals surface area contributed by atoms with Crippen molar-refractivity contribution in [2.45, 2.75) is 57.5 Å². The van der Waals surface area contributed by atoms with Crippen molar-refractivity contribution in [1.29, 1.82) is 0 Å². The molecule has 2 aliphatic rings. The number of aromatic nitrogens is 1. The first-order chi connectivity index (χ1) is 14.4. The molecule has 1 aromatic carbocycles. The third-order valence-electron chi connectivity index (χ3n) is 6.70. The quantitative estimate of drug-likeness (QED) is 0.775. The van der Waals surface area contributed by atoms with Crippen LogP contribution in [0, 0.1) is 5.82 Å². The Bertz CT molecular complexity index is 946. The van der Waals surface area contributed by atoms with Crippen LogP contribution in [-0.4, -0.2) is 51.3 Å². The predicted molar refractivity (Wildman–Crippen MR) is 113 cm³/mol. The van der Waals surface area contributed by atoms with E-state index in [2.05, 4.69) is 11.9 Å². The van der Waals surface area contributed by atoms with Gasteiger partial charge in [0.2, 0.25) is 5.91 Å². The van der Waals surface area contributed by atoms with Crippen LogP contribution >= 0.6 is 0 Å². The molecule has 2 amide bonds. The second-order valence-corrected chi connectivity index (χ2v) is 8.59. The first-order valence-electron chi connectivity index (χ1n) is 10.7. The number of hydrogen-bond donors (Lipinski definition) is 0. The zero-order valence-corrected chi connectivity index (χ0v) is 17.6. The maximum atomic E-state index is 13.9. The molecule has 158 valence electrons. The molecule has 0 saturated carbocycles. The summed E-state index contributed by atoms with van der Waals surface area (Å²) < 4.78 is 13.9. The van der Waals surface area contributed by atoms with Crippen LogP contribution in [0.15, 0.2) is 42.6 Å². The highest BCUT2D eigenvalue weighted by Gasteiger charge is 2.49. The lowest BCUT2D eigenvalue weighted by atomic mass is 9.75. The van der Waals surface area contributed by atoms with Crippen LogP contribution in [-0.2, 0) is 11.2 Å². The van der Waals surface area contributed by atoms with Crippen LogP contribution in [0.2, 0.25) is 0 Å². The number of likely N-dealkylation sites (tertiary alicyclic amines) is 2. The van der Waals surface area contributed by atoms with E-state index in [1.165, 1.54) is 6.07 Å². The van der Waals surface area contributed by atoms with Crippen LogP contribution in [0.25, 0.3) is 0 Å². The Morgan fingerprint density at radius 1 is 1.17 bits per heavy atom. The van der Waals surface area contributed by atoms with Gasteiger partial charge >= 0.3 is 0 Å². The Hall–Kier alpha value is -2.76. The largest absolute Gasteiger partial charge is 0.338 e. The molecule has 2 aromatic rings. The van der Waals surface area contributed by atoms with Crippen molar-refractivity contribution in [3.8, 4) is 0 Å². The van der Waals surface area contributed by atoms with Crippen LogP contribution in [0.3, 0.4) is 0 Å². The van der Waals surface area contributed by atoms with Gasteiger partial charge in [-0.1, -0.05) is 18.2 Å². The number of carbonyl (C=O) groups is 2. The Labute approximate surface area is 176 Å². The highest BCUT2D eigenvalue weighted by Crippen LogP contribution is 2.39. The number of nitrogens with zero attached hydrogens (tertiary/aromatic N) is 3. The number of amides is 2. The molecule has 1 aromatic heterocycles. The zero-order chi connectivity index (χ0) is 21.3. The maximum Gasteiger partial charge on any atom is 0.255 e. The van der Waals surface area contributed by atoms with E-state index in [4.69, 9.17) is 0 Å². The van der Waals surface area contributed by atoms with Gasteiger partial charge in [0, 0.05) is 38.3 Å². The molecule has 0 spiro atoms. The van der Waals surface area contributed by atoms with Gasteiger partial charge in [-0.2, -0.15) is 0 Å². The molecule has 30 heavy (non-hydrogen) atoms. The van der Waals surface area contributed by atoms with E-state index in [9.17, 15) is 14.0 Å². The number of halogens is 1. The Kier molecular flexibility index (Phi) is 5.58. The van der Waals surface area contributed by atoms with Gasteiger partial charge in [-0.3, -0.25) is 14.6 Å². The highest BCUT2D eigenvalue weighted by molar-refractivity contribution is 5.94. The summed E-state index contributed by atoms with van der Waals surface area (Å²) in [4.78, 5) is 33.8. The van der Waals surface area contributed by atoms with Gasteiger partial charge in [0.15, 0.2) is 0 Å². The van der Waals surface area contributed by atoms with Crippen molar-refractivity contribution in [3.05, 3.63) is 65.2 Å². The number of hydrogen-bond acceptors (Lipinski definition) is 3. The van der Waals surface area contributed by atoms with Crippen molar-refractivity contribution < 1.29 is 14.0 Å². The molecule has 0 radical (unpaired) electrons. The number of carbonyl (C=O) groups excluding carboxylic acids is 2. The Morgan fingerprint density at radius 3 is 2.67 bits per heavy atom. The molecule has 0 bridgehead atoms. The summed E-state index contributed by atoms with van der Waals surface area (Å²) in [6.45, 7) is 5.19. The topological polar surface area (TPSA) is 53.5 Å². The van der Waals surface area contributed by atoms with Crippen molar-refractivity contribution in [3.63, 3.8) is 0 Å². The molecule has 3 heterocycles. The summed E-state index contributed by atoms with van der Waals surface area (Å²) in [5, 5.41) is 0. The summed E-state index contributed by atoms with van der Waals surface area (Å²) in [7, 11) is 0. The van der Waals surface area contributed by atoms with Crippen LogP contribution in [0.1, 0.15) is 61.1 Å². The van der Waals surface area contributed by atoms with Gasteiger partial charge < -0.3 is 9.80 Å². The fourth-order valence-corrected chi connectivity index (χ4v) is 5.10. The molecule has 0 unspecified atom stereocenters. The third kappa shape index (κ3) is 3.71. The third-order valence-corrected chi connectivity index (χ3v) is 6.70. The molecule has 4 rings (SSSR count). The normalized spacial score (nSPS) is 23.8. The lowest BCUT2D eigenvalue weighted by molar-refractivity contribution is -0.140. The average molecular weight is 410 g/mol. The fraction of sp³-hybridized carbons (Fsp3) is 0.458. The molecular weight excluding hydrogens is 381 g/mol. The summed E-state index contributed by atoms with van der Waals surface area (Å²) >= 11 is 0. The van der Waals surface area contributed by atoms with E-state index < -0.39 is 0 Å². The van der Waals surface area contributed by atoms with Gasteiger partial charge in [-0.25, -0.2) is 4.39 Å². The number of benzene rings is 1. The zero-order valence-electron chi connectivity index (χ0n) is 17.6. The smallest absolute Gasteiger partial charge is 0.255 e. The van der Waals surface area contributed by atoms with Crippen LogP contribution in [0.5, 0.6) is 0 Å². The van der Waals surface area contributed by atoms with Gasteiger partial charge in [0.05, 0.1) is 17.1 Å². The van der Waals surface area contributed by atoms with Crippen molar-refractivity contribution >= 4 is 11.8 Å². The van der Waals surface area contributed by atoms with Crippen molar-refractivity contribution in [1.82, 2.24) is 14.8 Å². The summed E-state index contributed by atoms with van der Waals surface area (Å²) in [5.74, 6) is -0.212. The van der Waals surface area contributed by atoms with E-state index in [1.54, 1.807) is 43.5 Å². The Balaban J connectivity index is 1.53. The van der Waals surface area contributed by atoms with Gasteiger partial charge in [-0.05, 0) is 56.4 Å². The first-order valence-corrected chi connectivity index (χ1v) is 10.7. The summed E-state index contributed by atoms with van der Waals surface area (Å²) in [6, 6.07) is 10.3. The molecule has 2 saturated heterocycles. The number of piperidine rings is 2. The van der Waals surface area contributed by atoms with Gasteiger partial charge in [0.1, 0.15) is 5.82 Å². The Morgan fingerprint density at radius 2 is 1.97 bits per heavy atom. The molecule has 0 N–H and O–H groups in total. The van der Waals surface area contributed by atoms with Crippen LogP contribution < -0.4 is 0 Å². The first kappa shape index (κ1) is 20.5. The summed E-state index contributed by atoms with van der Waals surface area (Å²) in [5.41, 5.74) is 1.49. The van der Waals surface area contributed by atoms with E-state index >= 15 is 0 Å². The second kappa shape index (κ2) is 8.17. The average Bonchev–Trinajstić information content (AvgIpc) is 2.74. The molecule has 2 aliphatic heterocycles. The van der Waals surface area contributed by atoms with Gasteiger partial charge in [0.25, 0.3) is 5.91 Å². The maximum absolute atomic E-state index is 13.9. The highest BCUT2D eigenvalue weighted by atomic mass is 19.1. The van der Waals surface area contributed by atoms with E-state index in [0.29, 0.717) is 24.1 Å². The monoisotopic (exact) mass is 409 g/mol. The second-order valence-electron chi connectivity index (χ2n) is 8.59. The minimum atomic E-state index is -0.356.